The van der Waals surface area contributed by atoms with Gasteiger partial charge >= 0.3 is 0 Å². The van der Waals surface area contributed by atoms with Gasteiger partial charge in [0.15, 0.2) is 0 Å². The van der Waals surface area contributed by atoms with Gasteiger partial charge in [0.2, 0.25) is 0 Å². The van der Waals surface area contributed by atoms with Gasteiger partial charge in [-0.05, 0) is 36.5 Å². The number of rotatable bonds is 1. The van der Waals surface area contributed by atoms with Crippen LogP contribution in [0.2, 0.25) is 0 Å². The smallest absolute Gasteiger partial charge is 0.0615 e. The lowest BCUT2D eigenvalue weighted by Crippen LogP contribution is -2.23. The van der Waals surface area contributed by atoms with Crippen LogP contribution >= 0.6 is 0 Å². The lowest BCUT2D eigenvalue weighted by molar-refractivity contribution is 0.280. The number of aliphatic hydroxyl groups is 1. The minimum Gasteiger partial charge on any atom is -0.392 e. The topological polar surface area (TPSA) is 20.2 Å². The Morgan fingerprint density at radius 1 is 1.50 bits per heavy atom. The molecule has 0 heterocycles. The van der Waals surface area contributed by atoms with Crippen molar-refractivity contribution in [3.8, 4) is 0 Å². The first-order chi connectivity index (χ1) is 5.66. The molecule has 0 spiro atoms. The second-order valence-electron chi connectivity index (χ2n) is 4.77. The molecule has 2 saturated carbocycles. The summed E-state index contributed by atoms with van der Waals surface area (Å²) in [7, 11) is 0. The van der Waals surface area contributed by atoms with E-state index in [9.17, 15) is 0 Å². The summed E-state index contributed by atoms with van der Waals surface area (Å²) in [5.41, 5.74) is 1.91. The predicted molar refractivity (Wildman–Crippen MR) is 49.8 cm³/mol. The maximum Gasteiger partial charge on any atom is 0.0615 e. The Morgan fingerprint density at radius 2 is 2.25 bits per heavy atom. The molecule has 2 aliphatic carbocycles. The summed E-state index contributed by atoms with van der Waals surface area (Å²) in [6.45, 7) is 4.89. The minimum absolute atomic E-state index is 0.224. The third-order valence-corrected chi connectivity index (χ3v) is 3.95. The zero-order chi connectivity index (χ0) is 8.77. The van der Waals surface area contributed by atoms with Gasteiger partial charge in [-0.15, -0.1) is 0 Å². The van der Waals surface area contributed by atoms with E-state index in [4.69, 9.17) is 5.11 Å². The van der Waals surface area contributed by atoms with E-state index in [1.165, 1.54) is 24.8 Å². The van der Waals surface area contributed by atoms with Crippen LogP contribution < -0.4 is 0 Å². The average molecular weight is 166 g/mol. The molecular formula is C11H18O. The van der Waals surface area contributed by atoms with E-state index in [1.807, 2.05) is 6.08 Å². The molecule has 2 fully saturated rings. The van der Waals surface area contributed by atoms with E-state index in [1.54, 1.807) is 0 Å². The van der Waals surface area contributed by atoms with Gasteiger partial charge in [0.25, 0.3) is 0 Å². The van der Waals surface area contributed by atoms with Crippen molar-refractivity contribution in [2.75, 3.05) is 6.61 Å². The van der Waals surface area contributed by atoms with Gasteiger partial charge in [-0.3, -0.25) is 0 Å². The van der Waals surface area contributed by atoms with Gasteiger partial charge < -0.3 is 5.11 Å². The van der Waals surface area contributed by atoms with Crippen molar-refractivity contribution in [1.82, 2.24) is 0 Å². The van der Waals surface area contributed by atoms with Crippen molar-refractivity contribution < 1.29 is 5.11 Å². The molecule has 2 bridgehead atoms. The molecule has 0 aromatic rings. The highest BCUT2D eigenvalue weighted by molar-refractivity contribution is 5.25. The largest absolute Gasteiger partial charge is 0.392 e. The number of hydrogen-bond donors (Lipinski definition) is 1. The fourth-order valence-corrected chi connectivity index (χ4v) is 3.21. The Kier molecular flexibility index (Phi) is 1.80. The predicted octanol–water partition coefficient (Wildman–Crippen LogP) is 2.36. The van der Waals surface area contributed by atoms with E-state index < -0.39 is 0 Å². The summed E-state index contributed by atoms with van der Waals surface area (Å²) in [6.07, 6.45) is 6.18. The molecule has 68 valence electrons. The monoisotopic (exact) mass is 166 g/mol. The quantitative estimate of drug-likeness (QED) is 0.593. The molecule has 2 atom stereocenters. The molecule has 12 heavy (non-hydrogen) atoms. The fourth-order valence-electron chi connectivity index (χ4n) is 3.21. The molecule has 0 amide bonds. The van der Waals surface area contributed by atoms with Crippen molar-refractivity contribution in [1.29, 1.82) is 0 Å². The number of fused-ring (bicyclic) bond motifs is 2. The molecule has 1 N–H and O–H groups in total. The minimum atomic E-state index is 0.224. The van der Waals surface area contributed by atoms with Gasteiger partial charge in [0, 0.05) is 0 Å². The Balaban J connectivity index is 2.29. The summed E-state index contributed by atoms with van der Waals surface area (Å²) >= 11 is 0. The third kappa shape index (κ3) is 0.957. The van der Waals surface area contributed by atoms with Crippen LogP contribution in [0.5, 0.6) is 0 Å². The molecule has 1 heteroatoms. The molecule has 0 aromatic carbocycles. The first kappa shape index (κ1) is 8.31. The van der Waals surface area contributed by atoms with E-state index in [0.29, 0.717) is 5.41 Å². The van der Waals surface area contributed by atoms with Gasteiger partial charge in [-0.2, -0.15) is 0 Å². The van der Waals surface area contributed by atoms with E-state index in [2.05, 4.69) is 13.8 Å². The second kappa shape index (κ2) is 2.59. The zero-order valence-corrected chi connectivity index (χ0v) is 8.01. The summed E-state index contributed by atoms with van der Waals surface area (Å²) in [4.78, 5) is 0. The fraction of sp³-hybridized carbons (Fsp3) is 0.818. The van der Waals surface area contributed by atoms with Crippen LogP contribution in [0.3, 0.4) is 0 Å². The Morgan fingerprint density at radius 3 is 2.75 bits per heavy atom. The number of aliphatic hydroxyl groups excluding tert-OH is 1. The van der Waals surface area contributed by atoms with Crippen LogP contribution in [0.25, 0.3) is 0 Å². The van der Waals surface area contributed by atoms with E-state index in [0.717, 1.165) is 11.8 Å². The lowest BCUT2D eigenvalue weighted by Gasteiger charge is -2.32. The van der Waals surface area contributed by atoms with Crippen LogP contribution in [0, 0.1) is 17.3 Å². The maximum atomic E-state index is 8.91. The van der Waals surface area contributed by atoms with Crippen LogP contribution in [0.1, 0.15) is 33.1 Å². The molecule has 2 rings (SSSR count). The lowest BCUT2D eigenvalue weighted by atomic mass is 9.73. The molecule has 0 aromatic heterocycles. The highest BCUT2D eigenvalue weighted by atomic mass is 16.2. The molecule has 1 nitrogen and oxygen atoms in total. The SMILES string of the molecule is CC1(C)/C(=C/CO)[C@H]2CC[C@H]1C2. The van der Waals surface area contributed by atoms with Crippen molar-refractivity contribution in [3.63, 3.8) is 0 Å². The van der Waals surface area contributed by atoms with Gasteiger partial charge in [0.05, 0.1) is 6.61 Å². The Bertz CT molecular complexity index is 215. The van der Waals surface area contributed by atoms with Crippen LogP contribution in [-0.4, -0.2) is 11.7 Å². The standard InChI is InChI=1S/C11H18O/c1-11(2)9-4-3-8(7-9)10(11)5-6-12/h5,8-9,12H,3-4,6-7H2,1-2H3/b10-5+/t8-,9-/m0/s1. The summed E-state index contributed by atoms with van der Waals surface area (Å²) in [5.74, 6) is 1.69. The first-order valence-corrected chi connectivity index (χ1v) is 4.97. The third-order valence-electron chi connectivity index (χ3n) is 3.95. The maximum absolute atomic E-state index is 8.91. The first-order valence-electron chi connectivity index (χ1n) is 4.97. The van der Waals surface area contributed by atoms with Crippen molar-refractivity contribution in [2.45, 2.75) is 33.1 Å². The zero-order valence-electron chi connectivity index (χ0n) is 8.01. The van der Waals surface area contributed by atoms with Crippen LogP contribution in [-0.2, 0) is 0 Å². The molecular weight excluding hydrogens is 148 g/mol. The molecule has 2 aliphatic rings. The molecule has 0 saturated heterocycles. The molecule has 0 aliphatic heterocycles. The number of hydrogen-bond acceptors (Lipinski definition) is 1. The normalized spacial score (nSPS) is 41.1. The Labute approximate surface area is 74.5 Å². The van der Waals surface area contributed by atoms with Crippen LogP contribution in [0.4, 0.5) is 0 Å². The van der Waals surface area contributed by atoms with Gasteiger partial charge in [0.1, 0.15) is 0 Å². The van der Waals surface area contributed by atoms with Crippen molar-refractivity contribution in [2.24, 2.45) is 17.3 Å². The summed E-state index contributed by atoms with van der Waals surface area (Å²) in [6, 6.07) is 0. The van der Waals surface area contributed by atoms with E-state index in [-0.39, 0.29) is 6.61 Å². The number of allylic oxidation sites excluding steroid dienone is 1. The highest BCUT2D eigenvalue weighted by Gasteiger charge is 2.48. The van der Waals surface area contributed by atoms with Gasteiger partial charge in [-0.25, -0.2) is 0 Å². The molecule has 0 unspecified atom stereocenters. The van der Waals surface area contributed by atoms with E-state index >= 15 is 0 Å². The summed E-state index contributed by atoms with van der Waals surface area (Å²) in [5, 5.41) is 8.91. The average Bonchev–Trinajstić information content (AvgIpc) is 2.53. The second-order valence-corrected chi connectivity index (χ2v) is 4.77. The summed E-state index contributed by atoms with van der Waals surface area (Å²) < 4.78 is 0. The Hall–Kier alpha value is -0.300. The van der Waals surface area contributed by atoms with Crippen LogP contribution in [0.15, 0.2) is 11.6 Å². The molecule has 0 radical (unpaired) electrons. The van der Waals surface area contributed by atoms with Crippen molar-refractivity contribution in [3.05, 3.63) is 11.6 Å². The van der Waals surface area contributed by atoms with Crippen molar-refractivity contribution >= 4 is 0 Å². The van der Waals surface area contributed by atoms with Gasteiger partial charge in [-0.1, -0.05) is 25.5 Å². The highest BCUT2D eigenvalue weighted by Crippen LogP contribution is 2.58.